The molecule has 1 rings (SSSR count). The van der Waals surface area contributed by atoms with E-state index in [1.165, 1.54) is 11.1 Å². The van der Waals surface area contributed by atoms with Crippen LogP contribution in [0, 0.1) is 0 Å². The van der Waals surface area contributed by atoms with Crippen LogP contribution in [0.2, 0.25) is 0 Å². The first-order valence-electron chi connectivity index (χ1n) is 6.62. The number of hydrogen-bond acceptors (Lipinski definition) is 1. The highest BCUT2D eigenvalue weighted by atomic mass is 35.5. The normalized spacial score (nSPS) is 12.7. The van der Waals surface area contributed by atoms with Crippen molar-refractivity contribution >= 4 is 18.5 Å². The zero-order valence-electron chi connectivity index (χ0n) is 11.8. The lowest BCUT2D eigenvalue weighted by atomic mass is 9.74. The Labute approximate surface area is 118 Å². The highest BCUT2D eigenvalue weighted by Gasteiger charge is 2.31. The second-order valence-electron chi connectivity index (χ2n) is 4.78. The largest absolute Gasteiger partial charge is 0.325 e. The van der Waals surface area contributed by atoms with Gasteiger partial charge in [0.1, 0.15) is 0 Å². The van der Waals surface area contributed by atoms with Gasteiger partial charge in [-0.05, 0) is 30.4 Å². The van der Waals surface area contributed by atoms with Gasteiger partial charge >= 0.3 is 0 Å². The van der Waals surface area contributed by atoms with Crippen molar-refractivity contribution in [3.63, 3.8) is 0 Å². The molecule has 1 nitrogen and oxygen atoms in total. The fourth-order valence-electron chi connectivity index (χ4n) is 2.62. The van der Waals surface area contributed by atoms with Crippen molar-refractivity contribution in [3.8, 4) is 0 Å². The first kappa shape index (κ1) is 17.2. The molecule has 18 heavy (non-hydrogen) atoms. The van der Waals surface area contributed by atoms with Gasteiger partial charge in [0.15, 0.2) is 0 Å². The molecule has 102 valence electrons. The van der Waals surface area contributed by atoms with Crippen molar-refractivity contribution in [2.75, 3.05) is 0 Å². The average molecular weight is 268 g/mol. The molecule has 0 heterocycles. The van der Waals surface area contributed by atoms with E-state index >= 15 is 0 Å². The molecule has 0 aliphatic carbocycles. The van der Waals surface area contributed by atoms with Crippen LogP contribution in [0.25, 0.3) is 6.08 Å². The van der Waals surface area contributed by atoms with Gasteiger partial charge in [0.25, 0.3) is 0 Å². The van der Waals surface area contributed by atoms with E-state index in [2.05, 4.69) is 51.6 Å². The number of rotatable bonds is 6. The van der Waals surface area contributed by atoms with E-state index in [0.29, 0.717) is 5.92 Å². The first-order valence-corrected chi connectivity index (χ1v) is 6.62. The third-order valence-corrected chi connectivity index (χ3v) is 3.97. The molecular weight excluding hydrogens is 242 g/mol. The Hall–Kier alpha value is -0.790. The highest BCUT2D eigenvalue weighted by Crippen LogP contribution is 2.34. The molecule has 1 atom stereocenters. The topological polar surface area (TPSA) is 26.0 Å². The number of hydrogen-bond donors (Lipinski definition) is 1. The lowest BCUT2D eigenvalue weighted by molar-refractivity contribution is 0.313. The Morgan fingerprint density at radius 2 is 1.89 bits per heavy atom. The van der Waals surface area contributed by atoms with Crippen LogP contribution < -0.4 is 5.73 Å². The summed E-state index contributed by atoms with van der Waals surface area (Å²) in [5.74, 6) is 0.428. The quantitative estimate of drug-likeness (QED) is 0.790. The molecule has 0 aromatic heterocycles. The zero-order valence-corrected chi connectivity index (χ0v) is 12.6. The summed E-state index contributed by atoms with van der Waals surface area (Å²) in [6.07, 6.45) is 5.01. The molecular formula is C16H26ClN. The van der Waals surface area contributed by atoms with Crippen LogP contribution in [0.5, 0.6) is 0 Å². The maximum absolute atomic E-state index is 6.55. The molecule has 0 fully saturated rings. The van der Waals surface area contributed by atoms with E-state index in [1.54, 1.807) is 0 Å². The van der Waals surface area contributed by atoms with Crippen molar-refractivity contribution in [3.05, 3.63) is 42.0 Å². The summed E-state index contributed by atoms with van der Waals surface area (Å²) in [4.78, 5) is 0. The van der Waals surface area contributed by atoms with Crippen LogP contribution in [0.3, 0.4) is 0 Å². The fraction of sp³-hybridized carbons (Fsp3) is 0.500. The van der Waals surface area contributed by atoms with Crippen LogP contribution in [-0.2, 0) is 0 Å². The number of benzene rings is 1. The van der Waals surface area contributed by atoms with Crippen LogP contribution in [0.4, 0.5) is 0 Å². The van der Waals surface area contributed by atoms with Gasteiger partial charge < -0.3 is 5.73 Å². The van der Waals surface area contributed by atoms with E-state index in [9.17, 15) is 0 Å². The second kappa shape index (κ2) is 7.60. The fourth-order valence-corrected chi connectivity index (χ4v) is 2.62. The SMILES string of the molecule is C=Cc1cccc(C(CC)C(N)(CC)CC)c1.Cl. The Bertz CT molecular complexity index is 369. The monoisotopic (exact) mass is 267 g/mol. The molecule has 0 amide bonds. The maximum atomic E-state index is 6.55. The zero-order chi connectivity index (χ0) is 12.9. The lowest BCUT2D eigenvalue weighted by Gasteiger charge is -2.36. The third kappa shape index (κ3) is 3.60. The summed E-state index contributed by atoms with van der Waals surface area (Å²) < 4.78 is 0. The molecule has 0 saturated carbocycles. The minimum Gasteiger partial charge on any atom is -0.325 e. The molecule has 0 bridgehead atoms. The third-order valence-electron chi connectivity index (χ3n) is 3.97. The van der Waals surface area contributed by atoms with Gasteiger partial charge in [-0.1, -0.05) is 57.7 Å². The smallest absolute Gasteiger partial charge is 0.0218 e. The summed E-state index contributed by atoms with van der Waals surface area (Å²) in [6.45, 7) is 10.4. The minimum atomic E-state index is -0.0887. The summed E-state index contributed by atoms with van der Waals surface area (Å²) in [7, 11) is 0. The second-order valence-corrected chi connectivity index (χ2v) is 4.78. The standard InChI is InChI=1S/C16H25N.ClH/c1-5-13-10-9-11-14(12-13)15(6-2)16(17,7-3)8-4;/h5,9-12,15H,1,6-8,17H2,2-4H3;1H. The molecule has 2 heteroatoms. The Kier molecular flexibility index (Phi) is 7.27. The summed E-state index contributed by atoms with van der Waals surface area (Å²) in [5.41, 5.74) is 8.98. The molecule has 2 N–H and O–H groups in total. The predicted molar refractivity (Wildman–Crippen MR) is 84.3 cm³/mol. The maximum Gasteiger partial charge on any atom is 0.0218 e. The van der Waals surface area contributed by atoms with Crippen LogP contribution in [0.1, 0.15) is 57.1 Å². The first-order chi connectivity index (χ1) is 8.11. The number of nitrogens with two attached hydrogens (primary N) is 1. The summed E-state index contributed by atoms with van der Waals surface area (Å²) >= 11 is 0. The van der Waals surface area contributed by atoms with Crippen molar-refractivity contribution in [1.82, 2.24) is 0 Å². The molecule has 1 unspecified atom stereocenters. The van der Waals surface area contributed by atoms with Crippen LogP contribution in [-0.4, -0.2) is 5.54 Å². The Morgan fingerprint density at radius 1 is 1.28 bits per heavy atom. The summed E-state index contributed by atoms with van der Waals surface area (Å²) in [5, 5.41) is 0. The molecule has 0 saturated heterocycles. The molecule has 0 radical (unpaired) electrons. The van der Waals surface area contributed by atoms with Gasteiger partial charge in [0.05, 0.1) is 0 Å². The molecule has 0 aliphatic heterocycles. The van der Waals surface area contributed by atoms with Crippen LogP contribution >= 0.6 is 12.4 Å². The van der Waals surface area contributed by atoms with Gasteiger partial charge in [0, 0.05) is 11.5 Å². The van der Waals surface area contributed by atoms with E-state index in [4.69, 9.17) is 5.73 Å². The lowest BCUT2D eigenvalue weighted by Crippen LogP contribution is -2.44. The van der Waals surface area contributed by atoms with Crippen molar-refractivity contribution in [2.45, 2.75) is 51.5 Å². The minimum absolute atomic E-state index is 0. The van der Waals surface area contributed by atoms with Gasteiger partial charge in [-0.3, -0.25) is 0 Å². The summed E-state index contributed by atoms with van der Waals surface area (Å²) in [6, 6.07) is 8.59. The highest BCUT2D eigenvalue weighted by molar-refractivity contribution is 5.85. The van der Waals surface area contributed by atoms with Crippen molar-refractivity contribution in [1.29, 1.82) is 0 Å². The molecule has 1 aromatic rings. The Balaban J connectivity index is 0.00000289. The Morgan fingerprint density at radius 3 is 2.33 bits per heavy atom. The van der Waals surface area contributed by atoms with E-state index in [1.807, 2.05) is 6.08 Å². The number of halogens is 1. The van der Waals surface area contributed by atoms with Gasteiger partial charge in [-0.25, -0.2) is 0 Å². The van der Waals surface area contributed by atoms with Gasteiger partial charge in [-0.15, -0.1) is 12.4 Å². The predicted octanol–water partition coefficient (Wildman–Crippen LogP) is 4.76. The molecule has 0 spiro atoms. The van der Waals surface area contributed by atoms with E-state index in [-0.39, 0.29) is 17.9 Å². The molecule has 0 aliphatic rings. The van der Waals surface area contributed by atoms with Crippen molar-refractivity contribution in [2.24, 2.45) is 5.73 Å². The van der Waals surface area contributed by atoms with Crippen molar-refractivity contribution < 1.29 is 0 Å². The van der Waals surface area contributed by atoms with E-state index in [0.717, 1.165) is 19.3 Å². The van der Waals surface area contributed by atoms with Gasteiger partial charge in [-0.2, -0.15) is 0 Å². The van der Waals surface area contributed by atoms with E-state index < -0.39 is 0 Å². The van der Waals surface area contributed by atoms with Crippen LogP contribution in [0.15, 0.2) is 30.8 Å². The molecule has 1 aromatic carbocycles. The van der Waals surface area contributed by atoms with Gasteiger partial charge in [0.2, 0.25) is 0 Å². The average Bonchev–Trinajstić information content (AvgIpc) is 2.39.